The molecule has 3 heterocycles. The van der Waals surface area contributed by atoms with Crippen molar-refractivity contribution in [2.45, 2.75) is 39.5 Å². The van der Waals surface area contributed by atoms with Gasteiger partial charge in [-0.25, -0.2) is 0 Å². The van der Waals surface area contributed by atoms with Gasteiger partial charge < -0.3 is 4.42 Å². The lowest BCUT2D eigenvalue weighted by atomic mass is 9.96. The smallest absolute Gasteiger partial charge is 0.168 e. The zero-order chi connectivity index (χ0) is 25.6. The zero-order valence-corrected chi connectivity index (χ0v) is 21.7. The van der Waals surface area contributed by atoms with Crippen LogP contribution in [0.25, 0.3) is 60.9 Å². The molecule has 0 atom stereocenters. The Bertz CT molecular complexity index is 1940. The number of hydrogen-bond donors (Lipinski definition) is 0. The molecular formula is C34H29N3O. The van der Waals surface area contributed by atoms with E-state index >= 15 is 0 Å². The number of aryl methyl sites for hydroxylation is 2. The van der Waals surface area contributed by atoms with Crippen LogP contribution < -0.4 is 0 Å². The molecule has 3 aromatic heterocycles. The highest BCUT2D eigenvalue weighted by atomic mass is 16.3. The number of aromatic nitrogens is 3. The van der Waals surface area contributed by atoms with Gasteiger partial charge in [-0.3, -0.25) is 4.40 Å². The molecule has 0 fully saturated rings. The summed E-state index contributed by atoms with van der Waals surface area (Å²) in [6, 6.07) is 30.3. The summed E-state index contributed by atoms with van der Waals surface area (Å²) < 4.78 is 8.55. The highest BCUT2D eigenvalue weighted by Gasteiger charge is 2.16. The average molecular weight is 496 g/mol. The molecule has 0 radical (unpaired) electrons. The van der Waals surface area contributed by atoms with Gasteiger partial charge in [0.1, 0.15) is 11.2 Å². The van der Waals surface area contributed by atoms with Crippen molar-refractivity contribution in [3.05, 3.63) is 102 Å². The van der Waals surface area contributed by atoms with Gasteiger partial charge in [0, 0.05) is 33.5 Å². The van der Waals surface area contributed by atoms with Crippen molar-refractivity contribution < 1.29 is 4.42 Å². The maximum absolute atomic E-state index is 6.48. The summed E-state index contributed by atoms with van der Waals surface area (Å²) in [5.74, 6) is 0.842. The minimum absolute atomic E-state index is 0.842. The molecule has 0 spiro atoms. The van der Waals surface area contributed by atoms with E-state index in [-0.39, 0.29) is 0 Å². The van der Waals surface area contributed by atoms with Gasteiger partial charge in [-0.1, -0.05) is 81.3 Å². The van der Waals surface area contributed by atoms with E-state index in [0.717, 1.165) is 75.8 Å². The number of rotatable bonds is 6. The first kappa shape index (κ1) is 22.7. The third-order valence-electron chi connectivity index (χ3n) is 7.53. The fraction of sp³-hybridized carbons (Fsp3) is 0.176. The third-order valence-corrected chi connectivity index (χ3v) is 7.53. The molecule has 4 heteroatoms. The van der Waals surface area contributed by atoms with Crippen LogP contribution in [0.5, 0.6) is 0 Å². The second kappa shape index (κ2) is 9.14. The Morgan fingerprint density at radius 2 is 1.45 bits per heavy atom. The molecule has 0 bridgehead atoms. The van der Waals surface area contributed by atoms with E-state index in [9.17, 15) is 0 Å². The Morgan fingerprint density at radius 1 is 0.684 bits per heavy atom. The van der Waals surface area contributed by atoms with E-state index in [2.05, 4.69) is 107 Å². The van der Waals surface area contributed by atoms with Gasteiger partial charge in [-0.15, -0.1) is 10.2 Å². The molecule has 7 rings (SSSR count). The molecule has 0 aliphatic heterocycles. The molecular weight excluding hydrogens is 466 g/mol. The Kier molecular flexibility index (Phi) is 5.47. The molecule has 4 aromatic carbocycles. The summed E-state index contributed by atoms with van der Waals surface area (Å²) in [4.78, 5) is 0. The van der Waals surface area contributed by atoms with Gasteiger partial charge in [-0.05, 0) is 65.3 Å². The first-order valence-corrected chi connectivity index (χ1v) is 13.5. The van der Waals surface area contributed by atoms with Crippen LogP contribution in [-0.2, 0) is 12.8 Å². The number of benzene rings is 4. The maximum Gasteiger partial charge on any atom is 0.168 e. The second-order valence-corrected chi connectivity index (χ2v) is 10.2. The first-order chi connectivity index (χ1) is 18.7. The van der Waals surface area contributed by atoms with Gasteiger partial charge in [0.2, 0.25) is 0 Å². The topological polar surface area (TPSA) is 43.3 Å². The lowest BCUT2D eigenvalue weighted by Crippen LogP contribution is -1.91. The van der Waals surface area contributed by atoms with E-state index in [4.69, 9.17) is 4.42 Å². The molecule has 0 aliphatic rings. The molecule has 186 valence electrons. The molecule has 0 saturated heterocycles. The lowest BCUT2D eigenvalue weighted by molar-refractivity contribution is 0.669. The summed E-state index contributed by atoms with van der Waals surface area (Å²) in [5.41, 5.74) is 8.81. The van der Waals surface area contributed by atoms with E-state index < -0.39 is 0 Å². The number of fused-ring (bicyclic) bond motifs is 6. The number of furan rings is 1. The van der Waals surface area contributed by atoms with Crippen molar-refractivity contribution in [1.29, 1.82) is 0 Å². The van der Waals surface area contributed by atoms with Crippen molar-refractivity contribution in [3.8, 4) is 22.5 Å². The van der Waals surface area contributed by atoms with Crippen LogP contribution >= 0.6 is 0 Å². The molecule has 4 nitrogen and oxygen atoms in total. The van der Waals surface area contributed by atoms with Crippen molar-refractivity contribution in [2.75, 3.05) is 0 Å². The standard InChI is InChI=1S/C34H29N3O/c1-3-7-22-11-16-31-29(19-22)30-21-23(8-4-2)20-28(32(30)38-31)25-12-14-26(15-13-25)33-35-36-34-27-10-6-5-9-24(27)17-18-37(33)34/h5-6,9-21H,3-4,7-8H2,1-2H3. The summed E-state index contributed by atoms with van der Waals surface area (Å²) in [6.07, 6.45) is 6.42. The van der Waals surface area contributed by atoms with Gasteiger partial charge in [0.25, 0.3) is 0 Å². The van der Waals surface area contributed by atoms with Crippen molar-refractivity contribution >= 4 is 38.4 Å². The molecule has 0 N–H and O–H groups in total. The van der Waals surface area contributed by atoms with E-state index in [0.29, 0.717) is 0 Å². The molecule has 0 amide bonds. The van der Waals surface area contributed by atoms with Crippen molar-refractivity contribution in [1.82, 2.24) is 14.6 Å². The van der Waals surface area contributed by atoms with Crippen LogP contribution in [0.4, 0.5) is 0 Å². The predicted molar refractivity (Wildman–Crippen MR) is 157 cm³/mol. The molecule has 38 heavy (non-hydrogen) atoms. The van der Waals surface area contributed by atoms with Crippen LogP contribution in [0.15, 0.2) is 95.5 Å². The van der Waals surface area contributed by atoms with Crippen LogP contribution in [0, 0.1) is 0 Å². The SMILES string of the molecule is CCCc1ccc2oc3c(-c4ccc(-c5nnc6c7ccccc7ccn56)cc4)cc(CCC)cc3c2c1. The van der Waals surface area contributed by atoms with Crippen molar-refractivity contribution in [3.63, 3.8) is 0 Å². The Balaban J connectivity index is 1.35. The van der Waals surface area contributed by atoms with Crippen molar-refractivity contribution in [2.24, 2.45) is 0 Å². The van der Waals surface area contributed by atoms with Crippen LogP contribution in [0.3, 0.4) is 0 Å². The Labute approximate surface area is 221 Å². The van der Waals surface area contributed by atoms with E-state index in [1.54, 1.807) is 0 Å². The Morgan fingerprint density at radius 3 is 2.29 bits per heavy atom. The monoisotopic (exact) mass is 495 g/mol. The molecule has 0 saturated carbocycles. The fourth-order valence-electron chi connectivity index (χ4n) is 5.69. The van der Waals surface area contributed by atoms with Crippen LogP contribution in [-0.4, -0.2) is 14.6 Å². The van der Waals surface area contributed by atoms with Gasteiger partial charge in [0.15, 0.2) is 11.5 Å². The Hall–Kier alpha value is -4.44. The fourth-order valence-corrected chi connectivity index (χ4v) is 5.69. The summed E-state index contributed by atoms with van der Waals surface area (Å²) in [7, 11) is 0. The van der Waals surface area contributed by atoms with E-state index in [1.807, 2.05) is 12.1 Å². The largest absolute Gasteiger partial charge is 0.455 e. The number of pyridine rings is 1. The summed E-state index contributed by atoms with van der Waals surface area (Å²) >= 11 is 0. The highest BCUT2D eigenvalue weighted by molar-refractivity contribution is 6.10. The van der Waals surface area contributed by atoms with Gasteiger partial charge in [0.05, 0.1) is 0 Å². The number of hydrogen-bond acceptors (Lipinski definition) is 3. The summed E-state index contributed by atoms with van der Waals surface area (Å²) in [6.45, 7) is 4.46. The number of nitrogens with zero attached hydrogens (tertiary/aromatic N) is 3. The van der Waals surface area contributed by atoms with E-state index in [1.165, 1.54) is 21.9 Å². The normalized spacial score (nSPS) is 11.8. The zero-order valence-electron chi connectivity index (χ0n) is 21.7. The van der Waals surface area contributed by atoms with Gasteiger partial charge >= 0.3 is 0 Å². The third kappa shape index (κ3) is 3.67. The first-order valence-electron chi connectivity index (χ1n) is 13.5. The molecule has 0 unspecified atom stereocenters. The minimum atomic E-state index is 0.842. The minimum Gasteiger partial charge on any atom is -0.455 e. The second-order valence-electron chi connectivity index (χ2n) is 10.2. The van der Waals surface area contributed by atoms with Crippen LogP contribution in [0.2, 0.25) is 0 Å². The quantitative estimate of drug-likeness (QED) is 0.231. The molecule has 7 aromatic rings. The predicted octanol–water partition coefficient (Wildman–Crippen LogP) is 9.02. The lowest BCUT2D eigenvalue weighted by Gasteiger charge is -2.08. The van der Waals surface area contributed by atoms with Gasteiger partial charge in [-0.2, -0.15) is 0 Å². The average Bonchev–Trinajstić information content (AvgIpc) is 3.55. The van der Waals surface area contributed by atoms with Crippen LogP contribution in [0.1, 0.15) is 37.8 Å². The highest BCUT2D eigenvalue weighted by Crippen LogP contribution is 2.38. The molecule has 0 aliphatic carbocycles. The maximum atomic E-state index is 6.48. The summed E-state index contributed by atoms with van der Waals surface area (Å²) in [5, 5.41) is 13.8.